The second-order valence-electron chi connectivity index (χ2n) is 3.01. The Bertz CT molecular complexity index is 393. The number of ether oxygens (including phenoxy) is 1. The molecule has 16 heavy (non-hydrogen) atoms. The minimum absolute atomic E-state index is 0.0174. The lowest BCUT2D eigenvalue weighted by Crippen LogP contribution is -2.13. The van der Waals surface area contributed by atoms with Crippen LogP contribution in [0.2, 0.25) is 0 Å². The van der Waals surface area contributed by atoms with E-state index < -0.39 is 9.76 Å². The van der Waals surface area contributed by atoms with Gasteiger partial charge in [-0.3, -0.25) is 4.79 Å². The lowest BCUT2D eigenvalue weighted by atomic mass is 10.2. The molecule has 0 aliphatic rings. The zero-order valence-corrected chi connectivity index (χ0v) is 10.7. The highest BCUT2D eigenvalue weighted by atomic mass is 35.6. The van der Waals surface area contributed by atoms with E-state index in [0.29, 0.717) is 0 Å². The fraction of sp³-hybridized carbons (Fsp3) is 0.182. The summed E-state index contributed by atoms with van der Waals surface area (Å²) in [6, 6.07) is 9.13. The maximum Gasteiger partial charge on any atom is 0.307 e. The van der Waals surface area contributed by atoms with Crippen molar-refractivity contribution in [2.75, 3.05) is 0 Å². The summed E-state index contributed by atoms with van der Waals surface area (Å²) in [7, 11) is 0. The van der Waals surface area contributed by atoms with Gasteiger partial charge in [0.2, 0.25) is 3.79 Å². The Balaban J connectivity index is 3.02. The molecule has 0 fully saturated rings. The Morgan fingerprint density at radius 3 is 2.25 bits per heavy atom. The quantitative estimate of drug-likeness (QED) is 0.465. The summed E-state index contributed by atoms with van der Waals surface area (Å²) in [5.41, 5.74) is 0.782. The van der Waals surface area contributed by atoms with Gasteiger partial charge in [0, 0.05) is 6.92 Å². The molecule has 1 aromatic rings. The number of rotatable bonds is 2. The Labute approximate surface area is 109 Å². The Kier molecular flexibility index (Phi) is 4.66. The zero-order valence-electron chi connectivity index (χ0n) is 8.41. The van der Waals surface area contributed by atoms with E-state index in [1.165, 1.54) is 13.0 Å². The van der Waals surface area contributed by atoms with Crippen LogP contribution in [0, 0.1) is 0 Å². The highest BCUT2D eigenvalue weighted by Gasteiger charge is 2.29. The summed E-state index contributed by atoms with van der Waals surface area (Å²) in [4.78, 5) is 10.9. The van der Waals surface area contributed by atoms with E-state index in [4.69, 9.17) is 39.5 Å². The number of carbonyl (C=O) groups is 1. The summed E-state index contributed by atoms with van der Waals surface area (Å²) >= 11 is 17.0. The van der Waals surface area contributed by atoms with Crippen molar-refractivity contribution in [3.63, 3.8) is 0 Å². The van der Waals surface area contributed by atoms with Crippen LogP contribution in [0.5, 0.6) is 0 Å². The van der Waals surface area contributed by atoms with E-state index in [0.717, 1.165) is 5.56 Å². The largest absolute Gasteiger partial charge is 0.427 e. The number of esters is 1. The summed E-state index contributed by atoms with van der Waals surface area (Å²) in [5, 5.41) is 0. The molecule has 0 N–H and O–H groups in total. The molecular formula is C11H9Cl3O2. The predicted molar refractivity (Wildman–Crippen MR) is 66.5 cm³/mol. The topological polar surface area (TPSA) is 26.3 Å². The number of hydrogen-bond donors (Lipinski definition) is 0. The van der Waals surface area contributed by atoms with Crippen LogP contribution in [-0.4, -0.2) is 9.76 Å². The number of carbonyl (C=O) groups excluding carboxylic acids is 1. The molecule has 0 bridgehead atoms. The molecule has 0 atom stereocenters. The molecule has 1 rings (SSSR count). The van der Waals surface area contributed by atoms with Gasteiger partial charge < -0.3 is 4.74 Å². The zero-order chi connectivity index (χ0) is 12.2. The summed E-state index contributed by atoms with van der Waals surface area (Å²) in [6.07, 6.45) is 1.51. The van der Waals surface area contributed by atoms with Gasteiger partial charge in [-0.2, -0.15) is 0 Å². The molecule has 5 heteroatoms. The molecule has 0 amide bonds. The fourth-order valence-corrected chi connectivity index (χ4v) is 1.30. The van der Waals surface area contributed by atoms with Crippen molar-refractivity contribution in [1.29, 1.82) is 0 Å². The lowest BCUT2D eigenvalue weighted by molar-refractivity contribution is -0.136. The molecule has 0 aliphatic carbocycles. The maximum absolute atomic E-state index is 10.9. The number of benzene rings is 1. The van der Waals surface area contributed by atoms with Crippen molar-refractivity contribution in [3.05, 3.63) is 41.7 Å². The monoisotopic (exact) mass is 278 g/mol. The van der Waals surface area contributed by atoms with Crippen molar-refractivity contribution in [3.8, 4) is 0 Å². The second-order valence-corrected chi connectivity index (χ2v) is 5.29. The normalized spacial score (nSPS) is 12.4. The third-order valence-corrected chi connectivity index (χ3v) is 2.19. The molecule has 0 unspecified atom stereocenters. The summed E-state index contributed by atoms with van der Waals surface area (Å²) < 4.78 is 3.08. The Hall–Kier alpha value is -0.700. The van der Waals surface area contributed by atoms with Crippen LogP contribution in [-0.2, 0) is 9.53 Å². The lowest BCUT2D eigenvalue weighted by Gasteiger charge is -2.14. The van der Waals surface area contributed by atoms with E-state index >= 15 is 0 Å². The molecule has 0 heterocycles. The Morgan fingerprint density at radius 1 is 1.25 bits per heavy atom. The molecule has 2 nitrogen and oxygen atoms in total. The van der Waals surface area contributed by atoms with Crippen molar-refractivity contribution in [1.82, 2.24) is 0 Å². The van der Waals surface area contributed by atoms with Gasteiger partial charge in [0.25, 0.3) is 0 Å². The van der Waals surface area contributed by atoms with E-state index in [1.807, 2.05) is 18.2 Å². The van der Waals surface area contributed by atoms with Gasteiger partial charge in [-0.15, -0.1) is 0 Å². The van der Waals surface area contributed by atoms with Crippen molar-refractivity contribution >= 4 is 46.8 Å². The minimum atomic E-state index is -1.76. The average molecular weight is 280 g/mol. The molecule has 0 saturated carbocycles. The van der Waals surface area contributed by atoms with Crippen LogP contribution in [0.25, 0.3) is 6.08 Å². The first-order chi connectivity index (χ1) is 7.39. The third kappa shape index (κ3) is 4.44. The molecular weight excluding hydrogens is 270 g/mol. The van der Waals surface area contributed by atoms with E-state index in [2.05, 4.69) is 0 Å². The van der Waals surface area contributed by atoms with Crippen molar-refractivity contribution in [2.45, 2.75) is 10.7 Å². The van der Waals surface area contributed by atoms with E-state index in [1.54, 1.807) is 12.1 Å². The molecule has 0 radical (unpaired) electrons. The van der Waals surface area contributed by atoms with Gasteiger partial charge >= 0.3 is 5.97 Å². The molecule has 0 spiro atoms. The van der Waals surface area contributed by atoms with Gasteiger partial charge in [-0.25, -0.2) is 0 Å². The average Bonchev–Trinajstić information content (AvgIpc) is 2.16. The fourth-order valence-electron chi connectivity index (χ4n) is 1.02. The summed E-state index contributed by atoms with van der Waals surface area (Å²) in [6.45, 7) is 1.25. The molecule has 86 valence electrons. The van der Waals surface area contributed by atoms with Gasteiger partial charge in [-0.05, 0) is 11.6 Å². The predicted octanol–water partition coefficient (Wildman–Crippen LogP) is 3.96. The van der Waals surface area contributed by atoms with Crippen molar-refractivity contribution in [2.24, 2.45) is 0 Å². The first-order valence-corrected chi connectivity index (χ1v) is 5.55. The number of allylic oxidation sites excluding steroid dienone is 1. The van der Waals surface area contributed by atoms with Crippen molar-refractivity contribution < 1.29 is 9.53 Å². The van der Waals surface area contributed by atoms with Gasteiger partial charge in [0.1, 0.15) is 0 Å². The molecule has 0 aliphatic heterocycles. The number of hydrogen-bond acceptors (Lipinski definition) is 2. The molecule has 1 aromatic carbocycles. The van der Waals surface area contributed by atoms with E-state index in [9.17, 15) is 4.79 Å². The van der Waals surface area contributed by atoms with E-state index in [-0.39, 0.29) is 5.76 Å². The highest BCUT2D eigenvalue weighted by molar-refractivity contribution is 6.69. The SMILES string of the molecule is CC(=O)OC(=Cc1ccccc1)C(Cl)(Cl)Cl. The van der Waals surface area contributed by atoms with Gasteiger partial charge in [-0.1, -0.05) is 65.1 Å². The van der Waals surface area contributed by atoms with Crippen LogP contribution >= 0.6 is 34.8 Å². The van der Waals surface area contributed by atoms with Crippen LogP contribution in [0.3, 0.4) is 0 Å². The molecule has 0 saturated heterocycles. The highest BCUT2D eigenvalue weighted by Crippen LogP contribution is 2.36. The van der Waals surface area contributed by atoms with Gasteiger partial charge in [0.05, 0.1) is 0 Å². The standard InChI is InChI=1S/C11H9Cl3O2/c1-8(15)16-10(11(12,13)14)7-9-5-3-2-4-6-9/h2-7H,1H3. The van der Waals surface area contributed by atoms with Crippen LogP contribution in [0.1, 0.15) is 12.5 Å². The second kappa shape index (κ2) is 5.58. The minimum Gasteiger partial charge on any atom is -0.427 e. The number of alkyl halides is 3. The first kappa shape index (κ1) is 13.4. The maximum atomic E-state index is 10.9. The Morgan fingerprint density at radius 2 is 1.81 bits per heavy atom. The van der Waals surface area contributed by atoms with Crippen LogP contribution in [0.15, 0.2) is 36.1 Å². The smallest absolute Gasteiger partial charge is 0.307 e. The van der Waals surface area contributed by atoms with Crippen LogP contribution in [0.4, 0.5) is 0 Å². The van der Waals surface area contributed by atoms with Gasteiger partial charge in [0.15, 0.2) is 5.76 Å². The summed E-state index contributed by atoms with van der Waals surface area (Å²) in [5.74, 6) is -0.551. The third-order valence-electron chi connectivity index (χ3n) is 1.63. The van der Waals surface area contributed by atoms with Crippen LogP contribution < -0.4 is 0 Å². The molecule has 0 aromatic heterocycles. The number of halogens is 3. The first-order valence-electron chi connectivity index (χ1n) is 4.42.